The van der Waals surface area contributed by atoms with Gasteiger partial charge < -0.3 is 14.7 Å². The van der Waals surface area contributed by atoms with Gasteiger partial charge in [0.1, 0.15) is 5.69 Å². The number of aromatic nitrogens is 3. The number of hydrogen-bond acceptors (Lipinski definition) is 6. The number of nitrogens with zero attached hydrogens (tertiary/aromatic N) is 2. The van der Waals surface area contributed by atoms with Crippen LogP contribution < -0.4 is 5.32 Å². The minimum absolute atomic E-state index is 0.149. The van der Waals surface area contributed by atoms with E-state index in [1.807, 2.05) is 17.5 Å². The maximum Gasteiger partial charge on any atom is 0.236 e. The lowest BCUT2D eigenvalue weighted by Gasteiger charge is -1.99. The summed E-state index contributed by atoms with van der Waals surface area (Å²) in [5, 5.41) is 6.46. The van der Waals surface area contributed by atoms with Crippen molar-refractivity contribution >= 4 is 56.8 Å². The molecular formula is C16H11ClN4O2S2. The van der Waals surface area contributed by atoms with Crippen LogP contribution in [0.1, 0.15) is 0 Å². The van der Waals surface area contributed by atoms with Gasteiger partial charge in [0.25, 0.3) is 0 Å². The topological polar surface area (TPSA) is 83.8 Å². The number of hydrogen-bond donors (Lipinski definition) is 2. The van der Waals surface area contributed by atoms with Gasteiger partial charge in [-0.15, -0.1) is 11.3 Å². The molecule has 0 atom stereocenters. The first-order valence-corrected chi connectivity index (χ1v) is 9.49. The molecule has 0 unspecified atom stereocenters. The number of halogens is 1. The van der Waals surface area contributed by atoms with Crippen molar-refractivity contribution in [3.05, 3.63) is 47.0 Å². The van der Waals surface area contributed by atoms with Gasteiger partial charge in [0.15, 0.2) is 16.0 Å². The molecule has 1 aromatic carbocycles. The van der Waals surface area contributed by atoms with E-state index in [-0.39, 0.29) is 11.7 Å². The summed E-state index contributed by atoms with van der Waals surface area (Å²) in [4.78, 5) is 24.0. The Labute approximate surface area is 155 Å². The molecule has 0 saturated heterocycles. The number of carbonyl (C=O) groups is 1. The zero-order chi connectivity index (χ0) is 17.2. The summed E-state index contributed by atoms with van der Waals surface area (Å²) < 4.78 is 5.29. The Morgan fingerprint density at radius 2 is 2.28 bits per heavy atom. The van der Waals surface area contributed by atoms with E-state index in [1.54, 1.807) is 24.5 Å². The fourth-order valence-corrected chi connectivity index (χ4v) is 3.76. The lowest BCUT2D eigenvalue weighted by atomic mass is 10.3. The lowest BCUT2D eigenvalue weighted by Crippen LogP contribution is -2.13. The van der Waals surface area contributed by atoms with Gasteiger partial charge in [-0.25, -0.2) is 9.97 Å². The molecule has 25 heavy (non-hydrogen) atoms. The Bertz CT molecular complexity index is 1030. The van der Waals surface area contributed by atoms with Crippen LogP contribution in [0.3, 0.4) is 0 Å². The number of H-pyrrole nitrogens is 1. The predicted molar refractivity (Wildman–Crippen MR) is 100 cm³/mol. The largest absolute Gasteiger partial charge is 0.463 e. The highest BCUT2D eigenvalue weighted by atomic mass is 35.5. The first kappa shape index (κ1) is 16.2. The van der Waals surface area contributed by atoms with Crippen LogP contribution in [0, 0.1) is 0 Å². The molecule has 4 aromatic rings. The van der Waals surface area contributed by atoms with Crippen LogP contribution in [0.2, 0.25) is 5.02 Å². The Morgan fingerprint density at radius 1 is 1.36 bits per heavy atom. The molecular weight excluding hydrogens is 380 g/mol. The third-order valence-electron chi connectivity index (χ3n) is 3.29. The van der Waals surface area contributed by atoms with Crippen molar-refractivity contribution in [1.29, 1.82) is 0 Å². The highest BCUT2D eigenvalue weighted by molar-refractivity contribution is 7.99. The van der Waals surface area contributed by atoms with Crippen LogP contribution in [0.5, 0.6) is 0 Å². The normalized spacial score (nSPS) is 11.1. The molecule has 6 nitrogen and oxygen atoms in total. The van der Waals surface area contributed by atoms with Crippen LogP contribution in [0.15, 0.2) is 51.5 Å². The van der Waals surface area contributed by atoms with Gasteiger partial charge in [-0.2, -0.15) is 0 Å². The number of furan rings is 1. The Kier molecular flexibility index (Phi) is 4.48. The molecule has 0 radical (unpaired) electrons. The molecule has 3 aromatic heterocycles. The van der Waals surface area contributed by atoms with E-state index in [4.69, 9.17) is 16.0 Å². The van der Waals surface area contributed by atoms with Gasteiger partial charge in [0.2, 0.25) is 5.91 Å². The molecule has 3 heterocycles. The van der Waals surface area contributed by atoms with E-state index < -0.39 is 0 Å². The SMILES string of the molecule is O=C(CSc1nc2ccc(Cl)cc2[nH]1)Nc1nc(-c2ccco2)cs1. The third-order valence-corrected chi connectivity index (χ3v) is 5.15. The summed E-state index contributed by atoms with van der Waals surface area (Å²) in [6, 6.07) is 9.04. The second-order valence-corrected chi connectivity index (χ2v) is 7.31. The van der Waals surface area contributed by atoms with E-state index in [2.05, 4.69) is 20.3 Å². The highest BCUT2D eigenvalue weighted by Crippen LogP contribution is 2.26. The number of amides is 1. The fraction of sp³-hybridized carbons (Fsp3) is 0.0625. The Morgan fingerprint density at radius 3 is 3.12 bits per heavy atom. The van der Waals surface area contributed by atoms with Crippen molar-refractivity contribution in [3.8, 4) is 11.5 Å². The first-order chi connectivity index (χ1) is 12.2. The van der Waals surface area contributed by atoms with Crippen LogP contribution >= 0.6 is 34.7 Å². The number of anilines is 1. The predicted octanol–water partition coefficient (Wildman–Crippen LogP) is 4.66. The summed E-state index contributed by atoms with van der Waals surface area (Å²) in [7, 11) is 0. The van der Waals surface area contributed by atoms with E-state index in [0.29, 0.717) is 26.8 Å². The third kappa shape index (κ3) is 3.71. The van der Waals surface area contributed by atoms with Gasteiger partial charge in [-0.05, 0) is 30.3 Å². The second kappa shape index (κ2) is 6.91. The summed E-state index contributed by atoms with van der Waals surface area (Å²) in [5.74, 6) is 0.749. The van der Waals surface area contributed by atoms with E-state index in [0.717, 1.165) is 11.0 Å². The van der Waals surface area contributed by atoms with E-state index >= 15 is 0 Å². The Balaban J connectivity index is 1.37. The zero-order valence-corrected chi connectivity index (χ0v) is 15.0. The maximum absolute atomic E-state index is 12.1. The number of benzene rings is 1. The number of thioether (sulfide) groups is 1. The molecule has 0 spiro atoms. The molecule has 0 aliphatic carbocycles. The van der Waals surface area contributed by atoms with Crippen LogP contribution in [-0.2, 0) is 4.79 Å². The fourth-order valence-electron chi connectivity index (χ4n) is 2.18. The smallest absolute Gasteiger partial charge is 0.236 e. The first-order valence-electron chi connectivity index (χ1n) is 7.25. The molecule has 2 N–H and O–H groups in total. The molecule has 4 rings (SSSR count). The van der Waals surface area contributed by atoms with Crippen LogP contribution in [0.25, 0.3) is 22.5 Å². The highest BCUT2D eigenvalue weighted by Gasteiger charge is 2.11. The number of aromatic amines is 1. The number of nitrogens with one attached hydrogen (secondary N) is 2. The summed E-state index contributed by atoms with van der Waals surface area (Å²) in [6.07, 6.45) is 1.59. The number of thiazole rings is 1. The van der Waals surface area contributed by atoms with Gasteiger partial charge in [-0.3, -0.25) is 4.79 Å². The van der Waals surface area contributed by atoms with Gasteiger partial charge in [0, 0.05) is 10.4 Å². The molecule has 0 fully saturated rings. The van der Waals surface area contributed by atoms with E-state index in [9.17, 15) is 4.79 Å². The van der Waals surface area contributed by atoms with Crippen LogP contribution in [-0.4, -0.2) is 26.6 Å². The second-order valence-electron chi connectivity index (χ2n) is 5.06. The van der Waals surface area contributed by atoms with Gasteiger partial charge in [-0.1, -0.05) is 23.4 Å². The minimum atomic E-state index is -0.149. The van der Waals surface area contributed by atoms with Crippen molar-refractivity contribution in [2.45, 2.75) is 5.16 Å². The Hall–Kier alpha value is -2.29. The van der Waals surface area contributed by atoms with Crippen molar-refractivity contribution in [3.63, 3.8) is 0 Å². The minimum Gasteiger partial charge on any atom is -0.463 e. The summed E-state index contributed by atoms with van der Waals surface area (Å²) >= 11 is 8.63. The van der Waals surface area contributed by atoms with Crippen LogP contribution in [0.4, 0.5) is 5.13 Å². The number of rotatable bonds is 5. The average Bonchev–Trinajstić information content (AvgIpc) is 3.32. The molecule has 0 aliphatic rings. The monoisotopic (exact) mass is 390 g/mol. The van der Waals surface area contributed by atoms with Crippen molar-refractivity contribution in [1.82, 2.24) is 15.0 Å². The molecule has 1 amide bonds. The zero-order valence-electron chi connectivity index (χ0n) is 12.7. The van der Waals surface area contributed by atoms with Crippen molar-refractivity contribution < 1.29 is 9.21 Å². The molecule has 9 heteroatoms. The average molecular weight is 391 g/mol. The lowest BCUT2D eigenvalue weighted by molar-refractivity contribution is -0.113. The van der Waals surface area contributed by atoms with Gasteiger partial charge in [0.05, 0.1) is 23.0 Å². The quantitative estimate of drug-likeness (QED) is 0.484. The molecule has 0 bridgehead atoms. The molecule has 126 valence electrons. The number of fused-ring (bicyclic) bond motifs is 1. The standard InChI is InChI=1S/C16H11ClN4O2S2/c17-9-3-4-10-11(6-9)19-15(18-10)25-8-14(22)21-16-20-12(7-24-16)13-2-1-5-23-13/h1-7H,8H2,(H,18,19)(H,20,21,22). The maximum atomic E-state index is 12.1. The summed E-state index contributed by atoms with van der Waals surface area (Å²) in [5.41, 5.74) is 2.36. The molecule has 0 aliphatic heterocycles. The van der Waals surface area contributed by atoms with E-state index in [1.165, 1.54) is 23.1 Å². The molecule has 0 saturated carbocycles. The van der Waals surface area contributed by atoms with Crippen molar-refractivity contribution in [2.75, 3.05) is 11.1 Å². The number of imidazole rings is 1. The number of carbonyl (C=O) groups excluding carboxylic acids is 1. The summed E-state index contributed by atoms with van der Waals surface area (Å²) in [6.45, 7) is 0. The van der Waals surface area contributed by atoms with Crippen molar-refractivity contribution in [2.24, 2.45) is 0 Å². The van der Waals surface area contributed by atoms with Gasteiger partial charge >= 0.3 is 0 Å².